The van der Waals surface area contributed by atoms with Gasteiger partial charge < -0.3 is 9.64 Å². The second-order valence-corrected chi connectivity index (χ2v) is 6.73. The van der Waals surface area contributed by atoms with Gasteiger partial charge in [0.2, 0.25) is 0 Å². The van der Waals surface area contributed by atoms with Gasteiger partial charge in [-0.25, -0.2) is 8.42 Å². The molecule has 1 aromatic carbocycles. The summed E-state index contributed by atoms with van der Waals surface area (Å²) in [5.41, 5.74) is 1.01. The Morgan fingerprint density at radius 2 is 1.67 bits per heavy atom. The smallest absolute Gasteiger partial charge is 0.261 e. The van der Waals surface area contributed by atoms with E-state index in [1.54, 1.807) is 12.1 Å². The van der Waals surface area contributed by atoms with Gasteiger partial charge in [0, 0.05) is 23.8 Å². The molecule has 1 aromatic rings. The maximum Gasteiger partial charge on any atom is 0.261 e. The molecule has 1 aliphatic heterocycles. The largest absolute Gasteiger partial charge is 0.379 e. The van der Waals surface area contributed by atoms with Crippen LogP contribution in [0, 0.1) is 6.92 Å². The fraction of sp³-hybridized carbons (Fsp3) is 0.500. The lowest BCUT2D eigenvalue weighted by Crippen LogP contribution is -2.32. The van der Waals surface area contributed by atoms with Crippen LogP contribution >= 0.6 is 10.7 Å². The molecule has 0 aromatic heterocycles. The molecule has 0 unspecified atom stereocenters. The molecule has 0 atom stereocenters. The predicted molar refractivity (Wildman–Crippen MR) is 72.5 cm³/mol. The minimum absolute atomic E-state index is 0.143. The third kappa shape index (κ3) is 5.82. The molecule has 0 amide bonds. The highest BCUT2D eigenvalue weighted by Gasteiger charge is 2.07. The fourth-order valence-electron chi connectivity index (χ4n) is 1.36. The van der Waals surface area contributed by atoms with Crippen LogP contribution in [0.5, 0.6) is 0 Å². The molecular formula is C12H18ClNO3S. The average Bonchev–Trinajstić information content (AvgIpc) is 2.30. The Kier molecular flexibility index (Phi) is 6.08. The maximum atomic E-state index is 10.7. The zero-order chi connectivity index (χ0) is 13.6. The first kappa shape index (κ1) is 15.4. The standard InChI is InChI=1S/C7H7ClO2S.C5H11NO/c1-6-2-4-7(5-3-6)11(8,9)10;1-6-2-4-7-5-3-6/h2-5H,1H3;2-5H2,1H3. The minimum atomic E-state index is -3.55. The molecular weight excluding hydrogens is 274 g/mol. The van der Waals surface area contributed by atoms with Gasteiger partial charge in [0.1, 0.15) is 0 Å². The number of hydrogen-bond acceptors (Lipinski definition) is 4. The van der Waals surface area contributed by atoms with Crippen molar-refractivity contribution in [3.8, 4) is 0 Å². The Morgan fingerprint density at radius 3 is 2.00 bits per heavy atom. The molecule has 0 aliphatic carbocycles. The summed E-state index contributed by atoms with van der Waals surface area (Å²) in [6.45, 7) is 5.90. The summed E-state index contributed by atoms with van der Waals surface area (Å²) < 4.78 is 26.5. The Labute approximate surface area is 113 Å². The molecule has 4 nitrogen and oxygen atoms in total. The highest BCUT2D eigenvalue weighted by Crippen LogP contribution is 2.14. The van der Waals surface area contributed by atoms with Crippen molar-refractivity contribution in [2.45, 2.75) is 11.8 Å². The maximum absolute atomic E-state index is 10.7. The topological polar surface area (TPSA) is 46.6 Å². The molecule has 0 spiro atoms. The van der Waals surface area contributed by atoms with E-state index in [9.17, 15) is 8.42 Å². The lowest BCUT2D eigenvalue weighted by Gasteiger charge is -2.21. The first-order chi connectivity index (χ1) is 8.39. The lowest BCUT2D eigenvalue weighted by molar-refractivity contribution is 0.0503. The van der Waals surface area contributed by atoms with E-state index in [2.05, 4.69) is 11.9 Å². The molecule has 0 saturated carbocycles. The number of aryl methyl sites for hydroxylation is 1. The summed E-state index contributed by atoms with van der Waals surface area (Å²) in [4.78, 5) is 2.41. The quantitative estimate of drug-likeness (QED) is 0.741. The molecule has 6 heteroatoms. The molecule has 1 aliphatic rings. The Bertz CT molecular complexity index is 453. The Morgan fingerprint density at radius 1 is 1.17 bits per heavy atom. The van der Waals surface area contributed by atoms with Crippen LogP contribution in [0.3, 0.4) is 0 Å². The van der Waals surface area contributed by atoms with E-state index in [1.165, 1.54) is 12.1 Å². The van der Waals surface area contributed by atoms with Crippen LogP contribution < -0.4 is 0 Å². The van der Waals surface area contributed by atoms with E-state index in [-0.39, 0.29) is 4.90 Å². The first-order valence-corrected chi connectivity index (χ1v) is 7.98. The van der Waals surface area contributed by atoms with Crippen LogP contribution in [-0.2, 0) is 13.8 Å². The van der Waals surface area contributed by atoms with Crippen LogP contribution in [0.15, 0.2) is 29.2 Å². The number of morpholine rings is 1. The number of rotatable bonds is 1. The summed E-state index contributed by atoms with van der Waals surface area (Å²) in [6, 6.07) is 6.37. The summed E-state index contributed by atoms with van der Waals surface area (Å²) in [7, 11) is 3.65. The van der Waals surface area contributed by atoms with Gasteiger partial charge in [0.15, 0.2) is 0 Å². The number of halogens is 1. The number of hydrogen-bond donors (Lipinski definition) is 0. The van der Waals surface area contributed by atoms with Crippen LogP contribution in [0.25, 0.3) is 0 Å². The number of ether oxygens (including phenoxy) is 1. The van der Waals surface area contributed by atoms with Gasteiger partial charge in [-0.05, 0) is 26.1 Å². The fourth-order valence-corrected chi connectivity index (χ4v) is 2.13. The molecule has 102 valence electrons. The first-order valence-electron chi connectivity index (χ1n) is 5.67. The van der Waals surface area contributed by atoms with Gasteiger partial charge in [-0.15, -0.1) is 0 Å². The van der Waals surface area contributed by atoms with E-state index < -0.39 is 9.05 Å². The van der Waals surface area contributed by atoms with Gasteiger partial charge >= 0.3 is 0 Å². The van der Waals surface area contributed by atoms with Gasteiger partial charge in [-0.1, -0.05) is 17.7 Å². The number of likely N-dealkylation sites (N-methyl/N-ethyl adjacent to an activating group) is 1. The molecule has 0 radical (unpaired) electrons. The Hall–Kier alpha value is -0.620. The zero-order valence-electron chi connectivity index (χ0n) is 10.6. The molecule has 1 saturated heterocycles. The van der Waals surface area contributed by atoms with Crippen molar-refractivity contribution in [2.75, 3.05) is 33.4 Å². The van der Waals surface area contributed by atoms with Gasteiger partial charge in [0.25, 0.3) is 9.05 Å². The van der Waals surface area contributed by atoms with E-state index in [4.69, 9.17) is 15.4 Å². The average molecular weight is 292 g/mol. The number of nitrogens with zero attached hydrogens (tertiary/aromatic N) is 1. The molecule has 0 N–H and O–H groups in total. The highest BCUT2D eigenvalue weighted by atomic mass is 35.7. The molecule has 2 rings (SSSR count). The van der Waals surface area contributed by atoms with Crippen molar-refractivity contribution < 1.29 is 13.2 Å². The van der Waals surface area contributed by atoms with Crippen molar-refractivity contribution in [1.29, 1.82) is 0 Å². The summed E-state index contributed by atoms with van der Waals surface area (Å²) in [5, 5.41) is 0. The van der Waals surface area contributed by atoms with E-state index in [0.29, 0.717) is 0 Å². The molecule has 1 heterocycles. The normalized spacial score (nSPS) is 16.8. The molecule has 18 heavy (non-hydrogen) atoms. The van der Waals surface area contributed by atoms with Crippen molar-refractivity contribution >= 4 is 19.7 Å². The molecule has 1 fully saturated rings. The number of benzene rings is 1. The minimum Gasteiger partial charge on any atom is -0.379 e. The molecule has 0 bridgehead atoms. The van der Waals surface area contributed by atoms with E-state index >= 15 is 0 Å². The second kappa shape index (κ2) is 7.09. The van der Waals surface area contributed by atoms with Crippen LogP contribution in [-0.4, -0.2) is 46.7 Å². The Balaban J connectivity index is 0.000000199. The van der Waals surface area contributed by atoms with Crippen molar-refractivity contribution in [2.24, 2.45) is 0 Å². The van der Waals surface area contributed by atoms with Gasteiger partial charge in [-0.2, -0.15) is 0 Å². The van der Waals surface area contributed by atoms with Crippen molar-refractivity contribution in [3.63, 3.8) is 0 Å². The van der Waals surface area contributed by atoms with E-state index in [1.807, 2.05) is 6.92 Å². The monoisotopic (exact) mass is 291 g/mol. The SMILES string of the molecule is CN1CCOCC1.Cc1ccc(S(=O)(=O)Cl)cc1. The van der Waals surface area contributed by atoms with Crippen LogP contribution in [0.4, 0.5) is 0 Å². The zero-order valence-corrected chi connectivity index (χ0v) is 12.2. The summed E-state index contributed by atoms with van der Waals surface area (Å²) in [6.07, 6.45) is 0. The van der Waals surface area contributed by atoms with Crippen LogP contribution in [0.1, 0.15) is 5.56 Å². The third-order valence-corrected chi connectivity index (χ3v) is 3.91. The van der Waals surface area contributed by atoms with E-state index in [0.717, 1.165) is 31.9 Å². The lowest BCUT2D eigenvalue weighted by atomic mass is 10.2. The summed E-state index contributed by atoms with van der Waals surface area (Å²) in [5.74, 6) is 0. The van der Waals surface area contributed by atoms with Crippen molar-refractivity contribution in [1.82, 2.24) is 4.90 Å². The summed E-state index contributed by atoms with van der Waals surface area (Å²) >= 11 is 0. The second-order valence-electron chi connectivity index (χ2n) is 4.17. The van der Waals surface area contributed by atoms with Crippen LogP contribution in [0.2, 0.25) is 0 Å². The highest BCUT2D eigenvalue weighted by molar-refractivity contribution is 8.13. The van der Waals surface area contributed by atoms with Gasteiger partial charge in [-0.3, -0.25) is 0 Å². The third-order valence-electron chi connectivity index (χ3n) is 2.54. The van der Waals surface area contributed by atoms with Crippen molar-refractivity contribution in [3.05, 3.63) is 29.8 Å². The predicted octanol–water partition coefficient (Wildman–Crippen LogP) is 1.87. The van der Waals surface area contributed by atoms with Gasteiger partial charge in [0.05, 0.1) is 18.1 Å².